The highest BCUT2D eigenvalue weighted by Crippen LogP contribution is 2.20. The number of benzene rings is 2. The molecule has 1 saturated heterocycles. The highest BCUT2D eigenvalue weighted by molar-refractivity contribution is 7.89. The SMILES string of the molecule is CN=C(NCCc1ccc(F)cc1)NCc1ccc(S(=O)(=O)N2CCCCC2)cc1. The standard InChI is InChI=1S/C22H29FN4O2S/c1-24-22(25-14-13-18-5-9-20(23)10-6-18)26-17-19-7-11-21(12-8-19)30(28,29)27-15-3-2-4-16-27/h5-12H,2-4,13-17H2,1H3,(H2,24,25,26). The van der Waals surface area contributed by atoms with Crippen LogP contribution in [0.3, 0.4) is 0 Å². The number of aliphatic imine (C=N–C) groups is 1. The van der Waals surface area contributed by atoms with Crippen LogP contribution in [0.15, 0.2) is 58.4 Å². The van der Waals surface area contributed by atoms with Gasteiger partial charge in [-0.15, -0.1) is 0 Å². The molecule has 0 aromatic heterocycles. The van der Waals surface area contributed by atoms with Gasteiger partial charge in [-0.3, -0.25) is 4.99 Å². The van der Waals surface area contributed by atoms with Gasteiger partial charge in [0.2, 0.25) is 10.0 Å². The van der Waals surface area contributed by atoms with Crippen LogP contribution in [-0.2, 0) is 23.0 Å². The van der Waals surface area contributed by atoms with E-state index in [1.54, 1.807) is 35.6 Å². The molecule has 2 aromatic carbocycles. The van der Waals surface area contributed by atoms with Gasteiger partial charge in [0.25, 0.3) is 0 Å². The van der Waals surface area contributed by atoms with Gasteiger partial charge in [-0.05, 0) is 54.7 Å². The maximum Gasteiger partial charge on any atom is 0.243 e. The minimum absolute atomic E-state index is 0.237. The Morgan fingerprint density at radius 2 is 1.60 bits per heavy atom. The van der Waals surface area contributed by atoms with Crippen molar-refractivity contribution in [1.82, 2.24) is 14.9 Å². The number of guanidine groups is 1. The Labute approximate surface area is 178 Å². The molecule has 0 bridgehead atoms. The van der Waals surface area contributed by atoms with Crippen LogP contribution in [0.2, 0.25) is 0 Å². The van der Waals surface area contributed by atoms with Crippen molar-refractivity contribution in [2.24, 2.45) is 4.99 Å². The molecule has 1 aliphatic rings. The van der Waals surface area contributed by atoms with E-state index < -0.39 is 10.0 Å². The van der Waals surface area contributed by atoms with Crippen LogP contribution in [0, 0.1) is 5.82 Å². The number of halogens is 1. The summed E-state index contributed by atoms with van der Waals surface area (Å²) in [5.74, 6) is 0.418. The Morgan fingerprint density at radius 1 is 0.967 bits per heavy atom. The van der Waals surface area contributed by atoms with Crippen LogP contribution >= 0.6 is 0 Å². The van der Waals surface area contributed by atoms with E-state index in [2.05, 4.69) is 15.6 Å². The van der Waals surface area contributed by atoms with Crippen molar-refractivity contribution in [3.05, 3.63) is 65.5 Å². The Kier molecular flexibility index (Phi) is 7.81. The largest absolute Gasteiger partial charge is 0.356 e. The monoisotopic (exact) mass is 432 g/mol. The summed E-state index contributed by atoms with van der Waals surface area (Å²) in [4.78, 5) is 4.54. The molecule has 0 atom stereocenters. The third-order valence-corrected chi connectivity index (χ3v) is 7.09. The lowest BCUT2D eigenvalue weighted by Crippen LogP contribution is -2.37. The summed E-state index contributed by atoms with van der Waals surface area (Å²) < 4.78 is 40.0. The quantitative estimate of drug-likeness (QED) is 0.521. The van der Waals surface area contributed by atoms with Crippen LogP contribution in [0.25, 0.3) is 0 Å². The molecule has 8 heteroatoms. The van der Waals surface area contributed by atoms with Gasteiger partial charge in [0.1, 0.15) is 5.82 Å². The summed E-state index contributed by atoms with van der Waals surface area (Å²) in [6, 6.07) is 13.5. The first-order valence-corrected chi connectivity index (χ1v) is 11.7. The van der Waals surface area contributed by atoms with E-state index in [0.29, 0.717) is 37.0 Å². The van der Waals surface area contributed by atoms with E-state index in [4.69, 9.17) is 0 Å². The number of piperidine rings is 1. The summed E-state index contributed by atoms with van der Waals surface area (Å²) in [6.07, 6.45) is 3.70. The van der Waals surface area contributed by atoms with E-state index in [-0.39, 0.29) is 5.82 Å². The molecular formula is C22H29FN4O2S. The first-order valence-electron chi connectivity index (χ1n) is 10.3. The molecule has 1 heterocycles. The maximum absolute atomic E-state index is 13.0. The summed E-state index contributed by atoms with van der Waals surface area (Å²) >= 11 is 0. The topological polar surface area (TPSA) is 73.8 Å². The number of nitrogens with zero attached hydrogens (tertiary/aromatic N) is 2. The summed E-state index contributed by atoms with van der Waals surface area (Å²) in [5, 5.41) is 6.45. The van der Waals surface area contributed by atoms with Crippen molar-refractivity contribution in [3.63, 3.8) is 0 Å². The molecule has 3 rings (SSSR count). The average Bonchev–Trinajstić information content (AvgIpc) is 2.78. The first kappa shape index (κ1) is 22.2. The van der Waals surface area contributed by atoms with Gasteiger partial charge in [-0.25, -0.2) is 12.8 Å². The predicted octanol–water partition coefficient (Wildman–Crippen LogP) is 2.91. The van der Waals surface area contributed by atoms with Crippen molar-refractivity contribution in [2.75, 3.05) is 26.7 Å². The minimum Gasteiger partial charge on any atom is -0.356 e. The fourth-order valence-corrected chi connectivity index (χ4v) is 4.93. The van der Waals surface area contributed by atoms with E-state index >= 15 is 0 Å². The van der Waals surface area contributed by atoms with Gasteiger partial charge in [-0.1, -0.05) is 30.7 Å². The van der Waals surface area contributed by atoms with Gasteiger partial charge in [-0.2, -0.15) is 4.31 Å². The molecule has 0 radical (unpaired) electrons. The molecule has 0 saturated carbocycles. The van der Waals surface area contributed by atoms with Crippen LogP contribution in [-0.4, -0.2) is 45.4 Å². The zero-order valence-electron chi connectivity index (χ0n) is 17.3. The van der Waals surface area contributed by atoms with Gasteiger partial charge in [0.15, 0.2) is 5.96 Å². The fraction of sp³-hybridized carbons (Fsp3) is 0.409. The predicted molar refractivity (Wildman–Crippen MR) is 117 cm³/mol. The van der Waals surface area contributed by atoms with E-state index in [0.717, 1.165) is 36.8 Å². The van der Waals surface area contributed by atoms with Crippen LogP contribution < -0.4 is 10.6 Å². The molecule has 0 aliphatic carbocycles. The highest BCUT2D eigenvalue weighted by Gasteiger charge is 2.25. The Balaban J connectivity index is 1.49. The van der Waals surface area contributed by atoms with E-state index in [9.17, 15) is 12.8 Å². The van der Waals surface area contributed by atoms with Crippen molar-refractivity contribution in [2.45, 2.75) is 37.1 Å². The number of sulfonamides is 1. The molecule has 162 valence electrons. The second kappa shape index (κ2) is 10.5. The lowest BCUT2D eigenvalue weighted by atomic mass is 10.1. The third kappa shape index (κ3) is 6.03. The molecular weight excluding hydrogens is 403 g/mol. The van der Waals surface area contributed by atoms with Crippen molar-refractivity contribution < 1.29 is 12.8 Å². The summed E-state index contributed by atoms with van der Waals surface area (Å²) in [7, 11) is -1.71. The molecule has 2 aromatic rings. The van der Waals surface area contributed by atoms with Gasteiger partial charge in [0.05, 0.1) is 4.90 Å². The Morgan fingerprint density at radius 3 is 2.23 bits per heavy atom. The van der Waals surface area contributed by atoms with E-state index in [1.165, 1.54) is 12.1 Å². The van der Waals surface area contributed by atoms with Crippen molar-refractivity contribution in [1.29, 1.82) is 0 Å². The van der Waals surface area contributed by atoms with E-state index in [1.807, 2.05) is 12.1 Å². The van der Waals surface area contributed by atoms with Crippen molar-refractivity contribution in [3.8, 4) is 0 Å². The van der Waals surface area contributed by atoms with Crippen LogP contribution in [0.4, 0.5) is 4.39 Å². The number of rotatable bonds is 7. The van der Waals surface area contributed by atoms with Crippen LogP contribution in [0.5, 0.6) is 0 Å². The zero-order chi connectivity index (χ0) is 21.4. The highest BCUT2D eigenvalue weighted by atomic mass is 32.2. The van der Waals surface area contributed by atoms with Gasteiger partial charge in [0, 0.05) is 33.2 Å². The van der Waals surface area contributed by atoms with Crippen LogP contribution in [0.1, 0.15) is 30.4 Å². The number of hydrogen-bond acceptors (Lipinski definition) is 3. The molecule has 30 heavy (non-hydrogen) atoms. The second-order valence-corrected chi connectivity index (χ2v) is 9.28. The molecule has 1 aliphatic heterocycles. The minimum atomic E-state index is -3.40. The Hall–Kier alpha value is -2.45. The number of nitrogens with one attached hydrogen (secondary N) is 2. The fourth-order valence-electron chi connectivity index (χ4n) is 3.42. The molecule has 1 fully saturated rings. The summed E-state index contributed by atoms with van der Waals surface area (Å²) in [6.45, 7) is 2.40. The molecule has 2 N–H and O–H groups in total. The summed E-state index contributed by atoms with van der Waals surface area (Å²) in [5.41, 5.74) is 2.01. The lowest BCUT2D eigenvalue weighted by molar-refractivity contribution is 0.346. The molecule has 0 spiro atoms. The van der Waals surface area contributed by atoms with Gasteiger partial charge >= 0.3 is 0 Å². The zero-order valence-corrected chi connectivity index (χ0v) is 18.1. The Bertz CT molecular complexity index is 938. The first-order chi connectivity index (χ1) is 14.5. The van der Waals surface area contributed by atoms with Crippen molar-refractivity contribution >= 4 is 16.0 Å². The third-order valence-electron chi connectivity index (χ3n) is 5.18. The molecule has 0 amide bonds. The molecule has 6 nitrogen and oxygen atoms in total. The maximum atomic E-state index is 13.0. The average molecular weight is 433 g/mol. The lowest BCUT2D eigenvalue weighted by Gasteiger charge is -2.25. The molecule has 0 unspecified atom stereocenters. The number of hydrogen-bond donors (Lipinski definition) is 2. The second-order valence-electron chi connectivity index (χ2n) is 7.34. The normalized spacial score (nSPS) is 15.7. The van der Waals surface area contributed by atoms with Gasteiger partial charge < -0.3 is 10.6 Å². The smallest absolute Gasteiger partial charge is 0.243 e.